The number of ether oxygens (including phenoxy) is 1. The van der Waals surface area contributed by atoms with Crippen LogP contribution in [0, 0.1) is 5.82 Å². The lowest BCUT2D eigenvalue weighted by atomic mass is 10.1. The minimum absolute atomic E-state index is 0.0962. The van der Waals surface area contributed by atoms with Gasteiger partial charge in [-0.2, -0.15) is 0 Å². The third kappa shape index (κ3) is 2.71. The van der Waals surface area contributed by atoms with Crippen LogP contribution in [-0.2, 0) is 0 Å². The van der Waals surface area contributed by atoms with Crippen LogP contribution in [-0.4, -0.2) is 25.2 Å². The Kier molecular flexibility index (Phi) is 3.89. The van der Waals surface area contributed by atoms with Crippen molar-refractivity contribution in [3.05, 3.63) is 53.8 Å². The normalized spacial score (nSPS) is 10.2. The molecule has 0 aliphatic carbocycles. The summed E-state index contributed by atoms with van der Waals surface area (Å²) in [6, 6.07) is 10.3. The standard InChI is InChI=1S/C15H14FNO3/c1-17(10-3-6-12(20-2)7-4-10)15(19)13-8-5-11(18)9-14(13)16/h3-9,18H,1-2H3. The van der Waals surface area contributed by atoms with Crippen molar-refractivity contribution in [3.63, 3.8) is 0 Å². The molecule has 20 heavy (non-hydrogen) atoms. The van der Waals surface area contributed by atoms with Crippen molar-refractivity contribution in [1.29, 1.82) is 0 Å². The molecular weight excluding hydrogens is 261 g/mol. The predicted octanol–water partition coefficient (Wildman–Crippen LogP) is 2.82. The molecule has 0 saturated heterocycles. The highest BCUT2D eigenvalue weighted by Crippen LogP contribution is 2.22. The predicted molar refractivity (Wildman–Crippen MR) is 73.8 cm³/mol. The van der Waals surface area contributed by atoms with E-state index in [1.807, 2.05) is 0 Å². The Morgan fingerprint density at radius 3 is 2.40 bits per heavy atom. The van der Waals surface area contributed by atoms with Crippen LogP contribution in [0.15, 0.2) is 42.5 Å². The second-order valence-electron chi connectivity index (χ2n) is 4.23. The first-order valence-electron chi connectivity index (χ1n) is 5.93. The quantitative estimate of drug-likeness (QED) is 0.937. The molecule has 2 rings (SSSR count). The lowest BCUT2D eigenvalue weighted by molar-refractivity contribution is 0.0989. The van der Waals surface area contributed by atoms with E-state index in [0.29, 0.717) is 11.4 Å². The van der Waals surface area contributed by atoms with Gasteiger partial charge < -0.3 is 14.7 Å². The fourth-order valence-electron chi connectivity index (χ4n) is 1.78. The molecule has 0 atom stereocenters. The number of carbonyl (C=O) groups is 1. The summed E-state index contributed by atoms with van der Waals surface area (Å²) < 4.78 is 18.7. The number of rotatable bonds is 3. The highest BCUT2D eigenvalue weighted by atomic mass is 19.1. The first-order valence-corrected chi connectivity index (χ1v) is 5.93. The van der Waals surface area contributed by atoms with Crippen molar-refractivity contribution in [3.8, 4) is 11.5 Å². The number of carbonyl (C=O) groups excluding carboxylic acids is 1. The summed E-state index contributed by atoms with van der Waals surface area (Å²) in [6.45, 7) is 0. The number of benzene rings is 2. The largest absolute Gasteiger partial charge is 0.508 e. The van der Waals surface area contributed by atoms with Crippen LogP contribution in [0.5, 0.6) is 11.5 Å². The van der Waals surface area contributed by atoms with Crippen LogP contribution in [0.3, 0.4) is 0 Å². The SMILES string of the molecule is COc1ccc(N(C)C(=O)c2ccc(O)cc2F)cc1. The minimum atomic E-state index is -0.754. The molecule has 0 bridgehead atoms. The Hall–Kier alpha value is -2.56. The van der Waals surface area contributed by atoms with Crippen LogP contribution in [0.1, 0.15) is 10.4 Å². The zero-order valence-corrected chi connectivity index (χ0v) is 11.1. The van der Waals surface area contributed by atoms with Gasteiger partial charge in [-0.05, 0) is 36.4 Å². The monoisotopic (exact) mass is 275 g/mol. The minimum Gasteiger partial charge on any atom is -0.508 e. The molecule has 2 aromatic rings. The second kappa shape index (κ2) is 5.61. The number of phenols is 1. The van der Waals surface area contributed by atoms with E-state index in [4.69, 9.17) is 9.84 Å². The Bertz CT molecular complexity index is 626. The van der Waals surface area contributed by atoms with Crippen molar-refractivity contribution in [2.24, 2.45) is 0 Å². The van der Waals surface area contributed by atoms with Gasteiger partial charge in [-0.3, -0.25) is 4.79 Å². The van der Waals surface area contributed by atoms with Crippen molar-refractivity contribution in [1.82, 2.24) is 0 Å². The molecule has 2 aromatic carbocycles. The van der Waals surface area contributed by atoms with Gasteiger partial charge in [0.15, 0.2) is 0 Å². The average Bonchev–Trinajstić information content (AvgIpc) is 2.46. The third-order valence-corrected chi connectivity index (χ3v) is 2.95. The number of nitrogens with zero attached hydrogens (tertiary/aromatic N) is 1. The number of anilines is 1. The molecule has 0 unspecified atom stereocenters. The second-order valence-corrected chi connectivity index (χ2v) is 4.23. The van der Waals surface area contributed by atoms with Crippen molar-refractivity contribution in [2.75, 3.05) is 19.1 Å². The van der Waals surface area contributed by atoms with Gasteiger partial charge in [0.25, 0.3) is 5.91 Å². The summed E-state index contributed by atoms with van der Waals surface area (Å²) in [5, 5.41) is 9.15. The van der Waals surface area contributed by atoms with E-state index in [1.165, 1.54) is 17.0 Å². The molecular formula is C15H14FNO3. The number of aromatic hydroxyl groups is 1. The Morgan fingerprint density at radius 2 is 1.85 bits per heavy atom. The first kappa shape index (κ1) is 13.9. The van der Waals surface area contributed by atoms with Crippen molar-refractivity contribution < 1.29 is 19.0 Å². The van der Waals surface area contributed by atoms with E-state index in [2.05, 4.69) is 0 Å². The molecule has 0 saturated carbocycles. The lowest BCUT2D eigenvalue weighted by Gasteiger charge is -2.18. The summed E-state index contributed by atoms with van der Waals surface area (Å²) in [7, 11) is 3.10. The van der Waals surface area contributed by atoms with Gasteiger partial charge in [-0.25, -0.2) is 4.39 Å². The number of hydrogen-bond donors (Lipinski definition) is 1. The molecule has 1 amide bonds. The van der Waals surface area contributed by atoms with Gasteiger partial charge >= 0.3 is 0 Å². The van der Waals surface area contributed by atoms with E-state index in [0.717, 1.165) is 6.07 Å². The molecule has 0 heterocycles. The number of halogens is 1. The van der Waals surface area contributed by atoms with Crippen molar-refractivity contribution >= 4 is 11.6 Å². The Balaban J connectivity index is 2.27. The van der Waals surface area contributed by atoms with E-state index in [-0.39, 0.29) is 11.3 Å². The van der Waals surface area contributed by atoms with E-state index in [9.17, 15) is 9.18 Å². The zero-order chi connectivity index (χ0) is 14.7. The number of hydrogen-bond acceptors (Lipinski definition) is 3. The average molecular weight is 275 g/mol. The van der Waals surface area contributed by atoms with Gasteiger partial charge in [0, 0.05) is 18.8 Å². The molecule has 0 spiro atoms. The van der Waals surface area contributed by atoms with Gasteiger partial charge in [-0.15, -0.1) is 0 Å². The number of amides is 1. The first-order chi connectivity index (χ1) is 9.52. The van der Waals surface area contributed by atoms with E-state index in [1.54, 1.807) is 38.4 Å². The van der Waals surface area contributed by atoms with Crippen LogP contribution < -0.4 is 9.64 Å². The highest BCUT2D eigenvalue weighted by Gasteiger charge is 2.17. The molecule has 0 radical (unpaired) electrons. The van der Waals surface area contributed by atoms with Gasteiger partial charge in [-0.1, -0.05) is 0 Å². The summed E-state index contributed by atoms with van der Waals surface area (Å²) in [6.07, 6.45) is 0. The molecule has 0 aliphatic heterocycles. The summed E-state index contributed by atoms with van der Waals surface area (Å²) >= 11 is 0. The Labute approximate surface area is 116 Å². The maximum atomic E-state index is 13.7. The molecule has 0 fully saturated rings. The fourth-order valence-corrected chi connectivity index (χ4v) is 1.78. The van der Waals surface area contributed by atoms with Crippen LogP contribution in [0.2, 0.25) is 0 Å². The molecule has 104 valence electrons. The summed E-state index contributed by atoms with van der Waals surface area (Å²) in [5.74, 6) is -0.792. The number of methoxy groups -OCH3 is 1. The molecule has 1 N–H and O–H groups in total. The zero-order valence-electron chi connectivity index (χ0n) is 11.1. The van der Waals surface area contributed by atoms with Gasteiger partial charge in [0.1, 0.15) is 17.3 Å². The smallest absolute Gasteiger partial charge is 0.260 e. The summed E-state index contributed by atoms with van der Waals surface area (Å²) in [5.41, 5.74) is 0.518. The highest BCUT2D eigenvalue weighted by molar-refractivity contribution is 6.06. The van der Waals surface area contributed by atoms with Crippen LogP contribution in [0.25, 0.3) is 0 Å². The molecule has 5 heteroatoms. The van der Waals surface area contributed by atoms with Gasteiger partial charge in [0.05, 0.1) is 12.7 Å². The van der Waals surface area contributed by atoms with E-state index < -0.39 is 11.7 Å². The third-order valence-electron chi connectivity index (χ3n) is 2.95. The fraction of sp³-hybridized carbons (Fsp3) is 0.133. The molecule has 0 aromatic heterocycles. The van der Waals surface area contributed by atoms with E-state index >= 15 is 0 Å². The maximum Gasteiger partial charge on any atom is 0.260 e. The molecule has 0 aliphatic rings. The van der Waals surface area contributed by atoms with Crippen LogP contribution in [0.4, 0.5) is 10.1 Å². The Morgan fingerprint density at radius 1 is 1.20 bits per heavy atom. The lowest BCUT2D eigenvalue weighted by Crippen LogP contribution is -2.27. The van der Waals surface area contributed by atoms with Gasteiger partial charge in [0.2, 0.25) is 0 Å². The van der Waals surface area contributed by atoms with Crippen molar-refractivity contribution in [2.45, 2.75) is 0 Å². The van der Waals surface area contributed by atoms with Crippen LogP contribution >= 0.6 is 0 Å². The maximum absolute atomic E-state index is 13.7. The summed E-state index contributed by atoms with van der Waals surface area (Å²) in [4.78, 5) is 13.5. The molecule has 4 nitrogen and oxygen atoms in total. The number of phenolic OH excluding ortho intramolecular Hbond substituents is 1. The topological polar surface area (TPSA) is 49.8 Å².